The Balaban J connectivity index is 2.23. The summed E-state index contributed by atoms with van der Waals surface area (Å²) in [6, 6.07) is 9.47. The fourth-order valence-corrected chi connectivity index (χ4v) is 3.48. The molecule has 0 saturated heterocycles. The van der Waals surface area contributed by atoms with Crippen molar-refractivity contribution in [3.63, 3.8) is 0 Å². The number of halogens is 2. The number of carbonyl (C=O) groups is 2. The van der Waals surface area contributed by atoms with Crippen molar-refractivity contribution < 1.29 is 24.2 Å². The lowest BCUT2D eigenvalue weighted by molar-refractivity contribution is -0.149. The Morgan fingerprint density at radius 2 is 1.84 bits per heavy atom. The fourth-order valence-electron chi connectivity index (χ4n) is 2.91. The number of unbranched alkanes of at least 4 members (excludes halogenated alkanes) is 1. The number of benzene rings is 2. The molecule has 0 bridgehead atoms. The highest BCUT2D eigenvalue weighted by Gasteiger charge is 2.27. The molecule has 9 heteroatoms. The highest BCUT2D eigenvalue weighted by molar-refractivity contribution is 6.39. The zero-order valence-corrected chi connectivity index (χ0v) is 19.6. The molecule has 0 aromatic heterocycles. The number of carbonyl (C=O) groups excluding carboxylic acids is 2. The lowest BCUT2D eigenvalue weighted by Gasteiger charge is -2.20. The van der Waals surface area contributed by atoms with E-state index in [1.807, 2.05) is 30.3 Å². The fraction of sp³-hybridized carbons (Fsp3) is 0.391. The van der Waals surface area contributed by atoms with Crippen LogP contribution in [0.4, 0.5) is 0 Å². The second-order valence-corrected chi connectivity index (χ2v) is 8.23. The molecular formula is C23H28Cl2N2O5. The molecule has 32 heavy (non-hydrogen) atoms. The Kier molecular flexibility index (Phi) is 10.1. The number of hydrogen-bond acceptors (Lipinski definition) is 6. The number of ether oxygens (including phenoxy) is 2. The van der Waals surface area contributed by atoms with Crippen molar-refractivity contribution in [3.8, 4) is 11.5 Å². The number of amides is 1. The summed E-state index contributed by atoms with van der Waals surface area (Å²) in [7, 11) is 0. The van der Waals surface area contributed by atoms with Gasteiger partial charge in [-0.15, -0.1) is 0 Å². The molecule has 2 aromatic rings. The van der Waals surface area contributed by atoms with Crippen LogP contribution >= 0.6 is 23.2 Å². The molecule has 0 aliphatic rings. The van der Waals surface area contributed by atoms with Crippen LogP contribution < -0.4 is 15.8 Å². The van der Waals surface area contributed by atoms with E-state index in [-0.39, 0.29) is 33.9 Å². The van der Waals surface area contributed by atoms with E-state index in [9.17, 15) is 14.7 Å². The summed E-state index contributed by atoms with van der Waals surface area (Å²) in [5.41, 5.74) is 6.11. The molecule has 0 aliphatic heterocycles. The van der Waals surface area contributed by atoms with E-state index in [1.54, 1.807) is 13.8 Å². The second-order valence-electron chi connectivity index (χ2n) is 7.44. The summed E-state index contributed by atoms with van der Waals surface area (Å²) in [5, 5.41) is 13.0. The van der Waals surface area contributed by atoms with Gasteiger partial charge in [0.25, 0.3) is 5.91 Å². The van der Waals surface area contributed by atoms with Crippen LogP contribution in [0.5, 0.6) is 11.5 Å². The summed E-state index contributed by atoms with van der Waals surface area (Å²) in [5.74, 6) is -1.71. The first-order valence-electron chi connectivity index (χ1n) is 10.3. The number of aromatic hydroxyl groups is 1. The third kappa shape index (κ3) is 7.29. The maximum atomic E-state index is 12.9. The van der Waals surface area contributed by atoms with Crippen molar-refractivity contribution >= 4 is 35.1 Å². The van der Waals surface area contributed by atoms with Gasteiger partial charge in [-0.2, -0.15) is 0 Å². The van der Waals surface area contributed by atoms with Gasteiger partial charge in [0.05, 0.1) is 23.3 Å². The summed E-state index contributed by atoms with van der Waals surface area (Å²) < 4.78 is 10.8. The van der Waals surface area contributed by atoms with Gasteiger partial charge in [-0.1, -0.05) is 53.5 Å². The van der Waals surface area contributed by atoms with E-state index in [4.69, 9.17) is 38.4 Å². The van der Waals surface area contributed by atoms with Crippen LogP contribution in [0.25, 0.3) is 0 Å². The van der Waals surface area contributed by atoms with Gasteiger partial charge in [0.15, 0.2) is 11.5 Å². The number of phenolic OH excluding ortho intramolecular Hbond substituents is 1. The lowest BCUT2D eigenvalue weighted by atomic mass is 10.0. The van der Waals surface area contributed by atoms with Gasteiger partial charge in [-0.05, 0) is 44.9 Å². The highest BCUT2D eigenvalue weighted by Crippen LogP contribution is 2.42. The lowest BCUT2D eigenvalue weighted by Crippen LogP contribution is -2.44. The Morgan fingerprint density at radius 1 is 1.16 bits per heavy atom. The van der Waals surface area contributed by atoms with Gasteiger partial charge in [0.1, 0.15) is 11.1 Å². The molecule has 0 saturated carbocycles. The minimum Gasteiger partial charge on any atom is -0.505 e. The molecule has 7 nitrogen and oxygen atoms in total. The minimum atomic E-state index is -0.976. The van der Waals surface area contributed by atoms with E-state index in [1.165, 1.54) is 6.07 Å². The molecule has 0 radical (unpaired) electrons. The summed E-state index contributed by atoms with van der Waals surface area (Å²) in [4.78, 5) is 25.5. The zero-order chi connectivity index (χ0) is 23.7. The van der Waals surface area contributed by atoms with Gasteiger partial charge in [-0.25, -0.2) is 4.79 Å². The maximum absolute atomic E-state index is 12.9. The average molecular weight is 483 g/mol. The quantitative estimate of drug-likeness (QED) is 0.328. The number of hydrogen-bond donors (Lipinski definition) is 3. The summed E-state index contributed by atoms with van der Waals surface area (Å²) in [6.45, 7) is 4.27. The van der Waals surface area contributed by atoms with Crippen LogP contribution in [-0.2, 0) is 16.0 Å². The van der Waals surface area contributed by atoms with Crippen LogP contribution in [0.2, 0.25) is 10.0 Å². The van der Waals surface area contributed by atoms with E-state index >= 15 is 0 Å². The largest absolute Gasteiger partial charge is 0.505 e. The smallest absolute Gasteiger partial charge is 0.329 e. The molecular weight excluding hydrogens is 455 g/mol. The minimum absolute atomic E-state index is 0.0649. The molecule has 2 aromatic carbocycles. The average Bonchev–Trinajstić information content (AvgIpc) is 2.75. The molecule has 0 aliphatic carbocycles. The van der Waals surface area contributed by atoms with E-state index < -0.39 is 23.7 Å². The Bertz CT molecular complexity index is 922. The monoisotopic (exact) mass is 482 g/mol. The standard InChI is InChI=1S/C23H28Cl2N2O5/c1-14(2)32-23(30)18(12-15-8-4-3-5-9-15)27-22(29)16-13-17(24)21(19(25)20(16)28)31-11-7-6-10-26/h3-5,8-9,13-14,18,28H,6-7,10-12,26H2,1-2H3,(H,27,29). The SMILES string of the molecule is CC(C)OC(=O)C(Cc1ccccc1)NC(=O)c1cc(Cl)c(OCCCCN)c(Cl)c1O. The third-order valence-corrected chi connectivity index (χ3v) is 5.10. The van der Waals surface area contributed by atoms with Gasteiger partial charge >= 0.3 is 5.97 Å². The summed E-state index contributed by atoms with van der Waals surface area (Å²) in [6.07, 6.45) is 1.30. The number of esters is 1. The van der Waals surface area contributed by atoms with Crippen LogP contribution in [0.1, 0.15) is 42.6 Å². The van der Waals surface area contributed by atoms with Crippen LogP contribution in [0, 0.1) is 0 Å². The van der Waals surface area contributed by atoms with E-state index in [0.29, 0.717) is 19.6 Å². The molecule has 2 rings (SSSR count). The molecule has 1 amide bonds. The molecule has 174 valence electrons. The molecule has 1 atom stereocenters. The molecule has 0 heterocycles. The highest BCUT2D eigenvalue weighted by atomic mass is 35.5. The topological polar surface area (TPSA) is 111 Å². The molecule has 1 unspecified atom stereocenters. The first kappa shape index (κ1) is 25.8. The van der Waals surface area contributed by atoms with Gasteiger partial charge in [0, 0.05) is 6.42 Å². The van der Waals surface area contributed by atoms with Crippen molar-refractivity contribution in [2.75, 3.05) is 13.2 Å². The molecule has 4 N–H and O–H groups in total. The van der Waals surface area contributed by atoms with Crippen molar-refractivity contribution in [1.29, 1.82) is 0 Å². The van der Waals surface area contributed by atoms with E-state index in [2.05, 4.69) is 5.32 Å². The first-order valence-corrected chi connectivity index (χ1v) is 11.1. The number of phenols is 1. The normalized spacial score (nSPS) is 11.8. The number of nitrogens with one attached hydrogen (secondary N) is 1. The van der Waals surface area contributed by atoms with Crippen molar-refractivity contribution in [3.05, 3.63) is 57.6 Å². The van der Waals surface area contributed by atoms with Crippen LogP contribution in [-0.4, -0.2) is 42.3 Å². The number of rotatable bonds is 11. The maximum Gasteiger partial charge on any atom is 0.329 e. The van der Waals surface area contributed by atoms with Crippen molar-refractivity contribution in [1.82, 2.24) is 5.32 Å². The number of nitrogens with two attached hydrogens (primary N) is 1. The van der Waals surface area contributed by atoms with Crippen molar-refractivity contribution in [2.45, 2.75) is 45.3 Å². The predicted molar refractivity (Wildman–Crippen MR) is 125 cm³/mol. The van der Waals surface area contributed by atoms with Gasteiger partial charge < -0.3 is 25.6 Å². The first-order chi connectivity index (χ1) is 15.2. The Hall–Kier alpha value is -2.48. The summed E-state index contributed by atoms with van der Waals surface area (Å²) >= 11 is 12.4. The molecule has 0 spiro atoms. The zero-order valence-electron chi connectivity index (χ0n) is 18.1. The van der Waals surface area contributed by atoms with Crippen molar-refractivity contribution in [2.24, 2.45) is 5.73 Å². The Morgan fingerprint density at radius 3 is 2.47 bits per heavy atom. The Labute approximate surface area is 197 Å². The van der Waals surface area contributed by atoms with Crippen LogP contribution in [0.15, 0.2) is 36.4 Å². The molecule has 0 fully saturated rings. The van der Waals surface area contributed by atoms with E-state index in [0.717, 1.165) is 12.0 Å². The predicted octanol–water partition coefficient (Wildman–Crippen LogP) is 4.11. The van der Waals surface area contributed by atoms with Gasteiger partial charge in [0.2, 0.25) is 0 Å². The third-order valence-electron chi connectivity index (χ3n) is 4.46. The van der Waals surface area contributed by atoms with Gasteiger partial charge in [-0.3, -0.25) is 4.79 Å². The van der Waals surface area contributed by atoms with Crippen LogP contribution in [0.3, 0.4) is 0 Å². The second kappa shape index (κ2) is 12.5.